The number of hydrogen-bond donors (Lipinski definition) is 1. The fraction of sp³-hybridized carbons (Fsp3) is 0.350. The number of pyridine rings is 1. The van der Waals surface area contributed by atoms with Crippen LogP contribution in [0.3, 0.4) is 0 Å². The number of fused-ring (bicyclic) bond motifs is 1. The molecule has 1 fully saturated rings. The Morgan fingerprint density at radius 3 is 2.79 bits per heavy atom. The fourth-order valence-corrected chi connectivity index (χ4v) is 3.80. The molecule has 124 valence electrons. The predicted octanol–water partition coefficient (Wildman–Crippen LogP) is 3.88. The molecule has 2 aromatic heterocycles. The summed E-state index contributed by atoms with van der Waals surface area (Å²) in [6, 6.07) is 11.0. The number of likely N-dealkylation sites (N-methyl/N-ethyl adjacent to an activating group) is 1. The summed E-state index contributed by atoms with van der Waals surface area (Å²) in [4.78, 5) is 10.3. The Balaban J connectivity index is 1.85. The van der Waals surface area contributed by atoms with Gasteiger partial charge in [0.25, 0.3) is 0 Å². The van der Waals surface area contributed by atoms with E-state index in [0.29, 0.717) is 6.04 Å². The van der Waals surface area contributed by atoms with Crippen LogP contribution in [0.5, 0.6) is 5.75 Å². The highest BCUT2D eigenvalue weighted by Crippen LogP contribution is 2.34. The van der Waals surface area contributed by atoms with Gasteiger partial charge in [-0.2, -0.15) is 0 Å². The number of H-pyrrole nitrogens is 1. The van der Waals surface area contributed by atoms with Crippen LogP contribution in [-0.4, -0.2) is 41.6 Å². The largest absolute Gasteiger partial charge is 0.497 e. The third-order valence-corrected chi connectivity index (χ3v) is 5.19. The van der Waals surface area contributed by atoms with E-state index in [9.17, 15) is 0 Å². The molecule has 1 saturated heterocycles. The van der Waals surface area contributed by atoms with E-state index in [0.717, 1.165) is 12.2 Å². The van der Waals surface area contributed by atoms with Gasteiger partial charge in [0.2, 0.25) is 0 Å². The summed E-state index contributed by atoms with van der Waals surface area (Å²) in [6.07, 6.45) is 7.32. The zero-order valence-electron chi connectivity index (χ0n) is 14.2. The molecule has 4 rings (SSSR count). The van der Waals surface area contributed by atoms with E-state index in [1.54, 1.807) is 7.11 Å². The molecule has 0 bridgehead atoms. The highest BCUT2D eigenvalue weighted by molar-refractivity contribution is 5.91. The maximum atomic E-state index is 5.45. The Kier molecular flexibility index (Phi) is 3.98. The highest BCUT2D eigenvalue weighted by atomic mass is 16.5. The van der Waals surface area contributed by atoms with E-state index >= 15 is 0 Å². The molecule has 1 aliphatic rings. The van der Waals surface area contributed by atoms with E-state index in [1.807, 2.05) is 18.5 Å². The first-order valence-electron chi connectivity index (χ1n) is 8.55. The zero-order chi connectivity index (χ0) is 16.5. The van der Waals surface area contributed by atoms with E-state index in [4.69, 9.17) is 4.74 Å². The van der Waals surface area contributed by atoms with Crippen molar-refractivity contribution in [2.24, 2.45) is 0 Å². The molecule has 1 N–H and O–H groups in total. The number of likely N-dealkylation sites (tertiary alicyclic amines) is 1. The molecule has 0 radical (unpaired) electrons. The van der Waals surface area contributed by atoms with Gasteiger partial charge in [0.15, 0.2) is 0 Å². The number of methoxy groups -OCH3 is 1. The molecule has 0 amide bonds. The Hall–Kier alpha value is -2.33. The summed E-state index contributed by atoms with van der Waals surface area (Å²) < 4.78 is 5.45. The van der Waals surface area contributed by atoms with E-state index in [1.165, 1.54) is 47.1 Å². The number of hydrogen-bond acceptors (Lipinski definition) is 3. The van der Waals surface area contributed by atoms with Gasteiger partial charge in [0, 0.05) is 40.6 Å². The van der Waals surface area contributed by atoms with Gasteiger partial charge < -0.3 is 14.6 Å². The minimum absolute atomic E-state index is 0.607. The highest BCUT2D eigenvalue weighted by Gasteiger charge is 2.24. The van der Waals surface area contributed by atoms with Gasteiger partial charge in [0.05, 0.1) is 7.11 Å². The summed E-state index contributed by atoms with van der Waals surface area (Å²) in [5.74, 6) is 0.906. The second-order valence-corrected chi connectivity index (χ2v) is 6.61. The number of aromatic amines is 1. The number of nitrogens with zero attached hydrogens (tertiary/aromatic N) is 2. The lowest BCUT2D eigenvalue weighted by molar-refractivity contribution is 0.310. The smallest absolute Gasteiger partial charge is 0.119 e. The number of benzene rings is 1. The molecule has 0 aliphatic carbocycles. The molecule has 1 atom stereocenters. The molecule has 3 aromatic rings. The molecule has 4 heteroatoms. The Labute approximate surface area is 142 Å². The quantitative estimate of drug-likeness (QED) is 0.793. The number of aromatic nitrogens is 2. The van der Waals surface area contributed by atoms with Crippen molar-refractivity contribution in [3.63, 3.8) is 0 Å². The van der Waals surface area contributed by atoms with Crippen molar-refractivity contribution in [1.29, 1.82) is 0 Å². The topological polar surface area (TPSA) is 41.1 Å². The molecule has 1 aliphatic heterocycles. The third kappa shape index (κ3) is 2.67. The van der Waals surface area contributed by atoms with Gasteiger partial charge >= 0.3 is 0 Å². The van der Waals surface area contributed by atoms with E-state index in [-0.39, 0.29) is 0 Å². The van der Waals surface area contributed by atoms with Gasteiger partial charge in [-0.15, -0.1) is 0 Å². The fourth-order valence-electron chi connectivity index (χ4n) is 3.80. The molecule has 1 aromatic carbocycles. The van der Waals surface area contributed by atoms with Crippen molar-refractivity contribution in [1.82, 2.24) is 14.9 Å². The van der Waals surface area contributed by atoms with Crippen LogP contribution in [0.15, 0.2) is 42.7 Å². The van der Waals surface area contributed by atoms with Crippen LogP contribution in [0.25, 0.3) is 22.2 Å². The maximum Gasteiger partial charge on any atom is 0.119 e. The predicted molar refractivity (Wildman–Crippen MR) is 97.4 cm³/mol. The molecular formula is C20H23N3O. The molecule has 24 heavy (non-hydrogen) atoms. The minimum Gasteiger partial charge on any atom is -0.497 e. The second-order valence-electron chi connectivity index (χ2n) is 6.61. The first kappa shape index (κ1) is 15.2. The molecule has 0 unspecified atom stereocenters. The molecule has 0 spiro atoms. The van der Waals surface area contributed by atoms with Crippen LogP contribution in [0.4, 0.5) is 0 Å². The van der Waals surface area contributed by atoms with Crippen LogP contribution in [0.1, 0.15) is 18.4 Å². The monoisotopic (exact) mass is 321 g/mol. The first-order chi connectivity index (χ1) is 11.8. The second kappa shape index (κ2) is 6.29. The van der Waals surface area contributed by atoms with Gasteiger partial charge in [0.1, 0.15) is 5.75 Å². The van der Waals surface area contributed by atoms with Crippen molar-refractivity contribution in [3.8, 4) is 17.0 Å². The van der Waals surface area contributed by atoms with Gasteiger partial charge in [-0.1, -0.05) is 0 Å². The van der Waals surface area contributed by atoms with E-state index < -0.39 is 0 Å². The third-order valence-electron chi connectivity index (χ3n) is 5.19. The van der Waals surface area contributed by atoms with Crippen molar-refractivity contribution < 1.29 is 4.74 Å². The normalized spacial score (nSPS) is 18.3. The number of rotatable bonds is 4. The average Bonchev–Trinajstić information content (AvgIpc) is 3.19. The zero-order valence-corrected chi connectivity index (χ0v) is 14.2. The average molecular weight is 321 g/mol. The standard InChI is InChI=1S/C20H23N3O/c1-23-11-3-4-15(23)12-18-17-13-16(24-2)5-6-19(17)22-20(18)14-7-9-21-10-8-14/h5-10,13,15,22H,3-4,11-12H2,1-2H3/t15-/m1/s1. The summed E-state index contributed by atoms with van der Waals surface area (Å²) in [7, 11) is 3.96. The maximum absolute atomic E-state index is 5.45. The molecular weight excluding hydrogens is 298 g/mol. The first-order valence-corrected chi connectivity index (χ1v) is 8.55. The summed E-state index contributed by atoms with van der Waals surface area (Å²) in [5, 5.41) is 1.27. The number of ether oxygens (including phenoxy) is 1. The van der Waals surface area contributed by atoms with Gasteiger partial charge in [-0.05, 0) is 68.8 Å². The van der Waals surface area contributed by atoms with E-state index in [2.05, 4.69) is 46.2 Å². The van der Waals surface area contributed by atoms with Crippen molar-refractivity contribution in [2.45, 2.75) is 25.3 Å². The molecule has 0 saturated carbocycles. The van der Waals surface area contributed by atoms with Crippen molar-refractivity contribution >= 4 is 10.9 Å². The summed E-state index contributed by atoms with van der Waals surface area (Å²) >= 11 is 0. The molecule has 3 heterocycles. The van der Waals surface area contributed by atoms with Crippen LogP contribution >= 0.6 is 0 Å². The van der Waals surface area contributed by atoms with Crippen LogP contribution < -0.4 is 4.74 Å². The van der Waals surface area contributed by atoms with Crippen molar-refractivity contribution in [2.75, 3.05) is 20.7 Å². The lowest BCUT2D eigenvalue weighted by Gasteiger charge is -2.20. The Bertz CT molecular complexity index is 841. The van der Waals surface area contributed by atoms with Gasteiger partial charge in [-0.25, -0.2) is 0 Å². The summed E-state index contributed by atoms with van der Waals surface area (Å²) in [6.45, 7) is 1.20. The van der Waals surface area contributed by atoms with Gasteiger partial charge in [-0.3, -0.25) is 4.98 Å². The lowest BCUT2D eigenvalue weighted by atomic mass is 9.98. The number of nitrogens with one attached hydrogen (secondary N) is 1. The minimum atomic E-state index is 0.607. The van der Waals surface area contributed by atoms with Crippen LogP contribution in [-0.2, 0) is 6.42 Å². The van der Waals surface area contributed by atoms with Crippen molar-refractivity contribution in [3.05, 3.63) is 48.3 Å². The Morgan fingerprint density at radius 2 is 2.08 bits per heavy atom. The van der Waals surface area contributed by atoms with Crippen LogP contribution in [0.2, 0.25) is 0 Å². The Morgan fingerprint density at radius 1 is 1.25 bits per heavy atom. The SMILES string of the molecule is COc1ccc2[nH]c(-c3ccncc3)c(C[C@H]3CCCN3C)c2c1. The lowest BCUT2D eigenvalue weighted by Crippen LogP contribution is -2.26. The molecule has 4 nitrogen and oxygen atoms in total. The van der Waals surface area contributed by atoms with Crippen LogP contribution in [0, 0.1) is 0 Å². The summed E-state index contributed by atoms with van der Waals surface area (Å²) in [5.41, 5.74) is 4.95.